The van der Waals surface area contributed by atoms with E-state index < -0.39 is 0 Å². The second kappa shape index (κ2) is 5.82. The molecule has 1 aromatic carbocycles. The summed E-state index contributed by atoms with van der Waals surface area (Å²) in [5.41, 5.74) is 3.80. The van der Waals surface area contributed by atoms with E-state index in [1.165, 1.54) is 0 Å². The smallest absolute Gasteiger partial charge is 0.291 e. The van der Waals surface area contributed by atoms with Crippen molar-refractivity contribution in [3.05, 3.63) is 52.5 Å². The van der Waals surface area contributed by atoms with E-state index >= 15 is 0 Å². The average molecular weight is 326 g/mol. The average Bonchev–Trinajstić information content (AvgIpc) is 2.82. The first kappa shape index (κ1) is 16.3. The first-order chi connectivity index (χ1) is 11.3. The number of benzene rings is 1. The van der Waals surface area contributed by atoms with Gasteiger partial charge in [-0.2, -0.15) is 0 Å². The highest BCUT2D eigenvalue weighted by Gasteiger charge is 2.36. The largest absolute Gasteiger partial charge is 0.455 e. The molecule has 5 nitrogen and oxygen atoms in total. The lowest BCUT2D eigenvalue weighted by Crippen LogP contribution is -2.27. The van der Waals surface area contributed by atoms with Gasteiger partial charge in [-0.15, -0.1) is 0 Å². The standard InChI is InChI=1S/C19H22N2O3/c1-11-6-5-7-13(8-11)20-18(22)17-12(2)16-14(21-23)9-19(3,4)10-15(16)24-17/h5-8,23H,9-10H2,1-4H3,(H,20,22)/b21-14-. The van der Waals surface area contributed by atoms with Crippen LogP contribution in [0.3, 0.4) is 0 Å². The van der Waals surface area contributed by atoms with E-state index in [9.17, 15) is 10.0 Å². The highest BCUT2D eigenvalue weighted by molar-refractivity contribution is 6.09. The third-order valence-corrected chi connectivity index (χ3v) is 4.40. The van der Waals surface area contributed by atoms with Crippen molar-refractivity contribution in [2.24, 2.45) is 10.6 Å². The van der Waals surface area contributed by atoms with Crippen LogP contribution in [0.5, 0.6) is 0 Å². The van der Waals surface area contributed by atoms with Gasteiger partial charge in [-0.05, 0) is 43.4 Å². The van der Waals surface area contributed by atoms with Gasteiger partial charge in [0.05, 0.1) is 5.71 Å². The predicted octanol–water partition coefficient (Wildman–Crippen LogP) is 4.30. The maximum Gasteiger partial charge on any atom is 0.291 e. The van der Waals surface area contributed by atoms with Gasteiger partial charge in [0.15, 0.2) is 5.76 Å². The Morgan fingerprint density at radius 2 is 2.04 bits per heavy atom. The first-order valence-electron chi connectivity index (χ1n) is 8.02. The third kappa shape index (κ3) is 2.94. The minimum absolute atomic E-state index is 0.0663. The first-order valence-corrected chi connectivity index (χ1v) is 8.02. The monoisotopic (exact) mass is 326 g/mol. The molecule has 0 saturated carbocycles. The molecule has 126 valence electrons. The van der Waals surface area contributed by atoms with Crippen LogP contribution in [0, 0.1) is 19.3 Å². The van der Waals surface area contributed by atoms with Gasteiger partial charge in [-0.1, -0.05) is 31.1 Å². The fourth-order valence-corrected chi connectivity index (χ4v) is 3.33. The second-order valence-electron chi connectivity index (χ2n) is 7.24. The Labute approximate surface area is 141 Å². The number of carbonyl (C=O) groups excluding carboxylic acids is 1. The number of hydrogen-bond donors (Lipinski definition) is 2. The van der Waals surface area contributed by atoms with E-state index in [4.69, 9.17) is 4.42 Å². The van der Waals surface area contributed by atoms with Crippen molar-refractivity contribution in [1.29, 1.82) is 0 Å². The summed E-state index contributed by atoms with van der Waals surface area (Å²) in [6, 6.07) is 7.61. The lowest BCUT2D eigenvalue weighted by atomic mass is 9.75. The Kier molecular flexibility index (Phi) is 3.95. The number of hydrogen-bond acceptors (Lipinski definition) is 4. The van der Waals surface area contributed by atoms with Gasteiger partial charge >= 0.3 is 0 Å². The number of nitrogens with zero attached hydrogens (tertiary/aromatic N) is 1. The molecule has 24 heavy (non-hydrogen) atoms. The van der Waals surface area contributed by atoms with Crippen LogP contribution < -0.4 is 5.32 Å². The molecule has 1 aliphatic rings. The Bertz CT molecular complexity index is 831. The van der Waals surface area contributed by atoms with Crippen molar-refractivity contribution in [2.45, 2.75) is 40.5 Å². The fraction of sp³-hybridized carbons (Fsp3) is 0.368. The van der Waals surface area contributed by atoms with Crippen molar-refractivity contribution in [3.8, 4) is 0 Å². The molecule has 0 atom stereocenters. The fourth-order valence-electron chi connectivity index (χ4n) is 3.33. The van der Waals surface area contributed by atoms with Crippen LogP contribution in [0.1, 0.15) is 53.3 Å². The zero-order valence-corrected chi connectivity index (χ0v) is 14.4. The van der Waals surface area contributed by atoms with Crippen molar-refractivity contribution in [1.82, 2.24) is 0 Å². The molecule has 5 heteroatoms. The van der Waals surface area contributed by atoms with Crippen LogP contribution in [0.25, 0.3) is 0 Å². The molecule has 1 heterocycles. The van der Waals surface area contributed by atoms with Crippen LogP contribution in [-0.4, -0.2) is 16.8 Å². The van der Waals surface area contributed by atoms with Crippen LogP contribution in [0.2, 0.25) is 0 Å². The van der Waals surface area contributed by atoms with Gasteiger partial charge in [0, 0.05) is 23.2 Å². The van der Waals surface area contributed by atoms with Crippen molar-refractivity contribution in [2.75, 3.05) is 5.32 Å². The summed E-state index contributed by atoms with van der Waals surface area (Å²) < 4.78 is 5.86. The quantitative estimate of drug-likeness (QED) is 0.638. The van der Waals surface area contributed by atoms with E-state index in [2.05, 4.69) is 24.3 Å². The molecule has 0 fully saturated rings. The molecule has 2 aromatic rings. The summed E-state index contributed by atoms with van der Waals surface area (Å²) in [5, 5.41) is 15.7. The minimum atomic E-state index is -0.289. The molecule has 3 rings (SSSR count). The maximum atomic E-state index is 12.6. The molecule has 0 unspecified atom stereocenters. The van der Waals surface area contributed by atoms with Crippen LogP contribution in [0.4, 0.5) is 5.69 Å². The molecule has 0 radical (unpaired) electrons. The van der Waals surface area contributed by atoms with Crippen LogP contribution in [0.15, 0.2) is 33.8 Å². The minimum Gasteiger partial charge on any atom is -0.455 e. The summed E-state index contributed by atoms with van der Waals surface area (Å²) >= 11 is 0. The number of oxime groups is 1. The Hall–Kier alpha value is -2.56. The molecule has 0 saturated heterocycles. The van der Waals surface area contributed by atoms with Gasteiger partial charge < -0.3 is 14.9 Å². The number of furan rings is 1. The maximum absolute atomic E-state index is 12.6. The number of aryl methyl sites for hydroxylation is 1. The molecular weight excluding hydrogens is 304 g/mol. The molecule has 1 amide bonds. The SMILES string of the molecule is Cc1cccc(NC(=O)c2oc3c(c2C)/C(=N\O)CC(C)(C)C3)c1. The topological polar surface area (TPSA) is 74.8 Å². The second-order valence-corrected chi connectivity index (χ2v) is 7.24. The van der Waals surface area contributed by atoms with Gasteiger partial charge in [-0.3, -0.25) is 4.79 Å². The van der Waals surface area contributed by atoms with E-state index in [-0.39, 0.29) is 17.1 Å². The molecule has 1 aliphatic carbocycles. The Balaban J connectivity index is 1.96. The van der Waals surface area contributed by atoms with E-state index in [1.54, 1.807) is 0 Å². The summed E-state index contributed by atoms with van der Waals surface area (Å²) in [4.78, 5) is 12.6. The van der Waals surface area contributed by atoms with Gasteiger partial charge in [0.25, 0.3) is 5.91 Å². The van der Waals surface area contributed by atoms with Gasteiger partial charge in [0.2, 0.25) is 0 Å². The summed E-state index contributed by atoms with van der Waals surface area (Å²) in [6.07, 6.45) is 1.36. The molecule has 1 aromatic heterocycles. The van der Waals surface area contributed by atoms with E-state index in [0.717, 1.165) is 22.4 Å². The Morgan fingerprint density at radius 1 is 1.29 bits per heavy atom. The number of amides is 1. The van der Waals surface area contributed by atoms with E-state index in [0.29, 0.717) is 24.3 Å². The van der Waals surface area contributed by atoms with Crippen molar-refractivity contribution < 1.29 is 14.4 Å². The van der Waals surface area contributed by atoms with Gasteiger partial charge in [-0.25, -0.2) is 0 Å². The number of anilines is 1. The van der Waals surface area contributed by atoms with Crippen molar-refractivity contribution in [3.63, 3.8) is 0 Å². The van der Waals surface area contributed by atoms with Crippen LogP contribution >= 0.6 is 0 Å². The predicted molar refractivity (Wildman–Crippen MR) is 93.0 cm³/mol. The zero-order valence-electron chi connectivity index (χ0n) is 14.4. The molecular formula is C19H22N2O3. The third-order valence-electron chi connectivity index (χ3n) is 4.40. The molecule has 0 aliphatic heterocycles. The summed E-state index contributed by atoms with van der Waals surface area (Å²) in [7, 11) is 0. The lowest BCUT2D eigenvalue weighted by Gasteiger charge is -2.28. The number of carbonyl (C=O) groups is 1. The lowest BCUT2D eigenvalue weighted by molar-refractivity contribution is 0.0993. The highest BCUT2D eigenvalue weighted by Crippen LogP contribution is 2.38. The van der Waals surface area contributed by atoms with E-state index in [1.807, 2.05) is 38.1 Å². The molecule has 0 spiro atoms. The van der Waals surface area contributed by atoms with Gasteiger partial charge in [0.1, 0.15) is 5.76 Å². The number of rotatable bonds is 2. The summed E-state index contributed by atoms with van der Waals surface area (Å²) in [6.45, 7) is 7.98. The summed E-state index contributed by atoms with van der Waals surface area (Å²) in [5.74, 6) is 0.703. The number of nitrogens with one attached hydrogen (secondary N) is 1. The normalized spacial score (nSPS) is 17.6. The molecule has 0 bridgehead atoms. The van der Waals surface area contributed by atoms with Crippen LogP contribution in [-0.2, 0) is 6.42 Å². The van der Waals surface area contributed by atoms with Crippen molar-refractivity contribution >= 4 is 17.3 Å². The number of fused-ring (bicyclic) bond motifs is 1. The molecule has 2 N–H and O–H groups in total. The highest BCUT2D eigenvalue weighted by atomic mass is 16.4. The zero-order chi connectivity index (χ0) is 17.5. The Morgan fingerprint density at radius 3 is 2.71 bits per heavy atom.